The van der Waals surface area contributed by atoms with Gasteiger partial charge in [-0.25, -0.2) is 4.98 Å². The average Bonchev–Trinajstić information content (AvgIpc) is 3.08. The molecule has 3 aromatic carbocycles. The van der Waals surface area contributed by atoms with Crippen molar-refractivity contribution in [3.05, 3.63) is 83.5 Å². The molecule has 0 aliphatic rings. The van der Waals surface area contributed by atoms with Gasteiger partial charge >= 0.3 is 0 Å². The van der Waals surface area contributed by atoms with E-state index in [0.717, 1.165) is 50.6 Å². The van der Waals surface area contributed by atoms with Gasteiger partial charge in [0, 0.05) is 35.9 Å². The molecule has 2 aromatic heterocycles. The zero-order valence-electron chi connectivity index (χ0n) is 16.8. The Labute approximate surface area is 184 Å². The van der Waals surface area contributed by atoms with Crippen molar-refractivity contribution in [3.8, 4) is 11.5 Å². The number of nitrogens with two attached hydrogens (primary N) is 1. The molecule has 2 heterocycles. The van der Waals surface area contributed by atoms with Crippen LogP contribution in [-0.2, 0) is 13.6 Å². The first-order valence-corrected chi connectivity index (χ1v) is 10.2. The molecule has 0 saturated carbocycles. The van der Waals surface area contributed by atoms with Gasteiger partial charge in [-0.2, -0.15) is 0 Å². The summed E-state index contributed by atoms with van der Waals surface area (Å²) in [6, 6.07) is 21.1. The Morgan fingerprint density at radius 3 is 2.68 bits per heavy atom. The highest BCUT2D eigenvalue weighted by Crippen LogP contribution is 2.30. The van der Waals surface area contributed by atoms with Gasteiger partial charge in [-0.1, -0.05) is 23.7 Å². The molecule has 0 radical (unpaired) electrons. The summed E-state index contributed by atoms with van der Waals surface area (Å²) in [5.41, 5.74) is 10.4. The Morgan fingerprint density at radius 2 is 1.84 bits per heavy atom. The largest absolute Gasteiger partial charge is 0.457 e. The molecular weight excluding hydrogens is 410 g/mol. The maximum Gasteiger partial charge on any atom is 0.203 e. The van der Waals surface area contributed by atoms with E-state index in [1.54, 1.807) is 6.20 Å². The van der Waals surface area contributed by atoms with Crippen molar-refractivity contribution in [2.75, 3.05) is 11.1 Å². The molecule has 0 saturated heterocycles. The smallest absolute Gasteiger partial charge is 0.203 e. The lowest BCUT2D eigenvalue weighted by Crippen LogP contribution is -2.04. The van der Waals surface area contributed by atoms with Crippen LogP contribution in [0.5, 0.6) is 11.5 Å². The number of imidazole rings is 1. The molecule has 0 atom stereocenters. The monoisotopic (exact) mass is 429 g/mol. The van der Waals surface area contributed by atoms with E-state index in [1.165, 1.54) is 0 Å². The highest BCUT2D eigenvalue weighted by Gasteiger charge is 2.08. The van der Waals surface area contributed by atoms with E-state index in [4.69, 9.17) is 22.1 Å². The highest BCUT2D eigenvalue weighted by molar-refractivity contribution is 6.31. The summed E-state index contributed by atoms with van der Waals surface area (Å²) < 4.78 is 8.09. The van der Waals surface area contributed by atoms with Gasteiger partial charge in [0.1, 0.15) is 11.5 Å². The summed E-state index contributed by atoms with van der Waals surface area (Å²) in [6.07, 6.45) is 1.72. The van der Waals surface area contributed by atoms with Crippen molar-refractivity contribution >= 4 is 45.2 Å². The first-order valence-electron chi connectivity index (χ1n) is 9.84. The molecule has 0 spiro atoms. The minimum Gasteiger partial charge on any atom is -0.457 e. The molecule has 3 N–H and O–H groups in total. The lowest BCUT2D eigenvalue weighted by atomic mass is 10.2. The SMILES string of the molecule is Cn1c(NCc2ccc(Oc3ccnc4cc(Cl)ccc34)cc2)nc2ccc(N)cc21. The van der Waals surface area contributed by atoms with Crippen LogP contribution in [-0.4, -0.2) is 14.5 Å². The predicted molar refractivity (Wildman–Crippen MR) is 126 cm³/mol. The molecule has 5 aromatic rings. The van der Waals surface area contributed by atoms with Crippen LogP contribution >= 0.6 is 11.6 Å². The second-order valence-corrected chi connectivity index (χ2v) is 7.75. The molecule has 5 rings (SSSR count). The van der Waals surface area contributed by atoms with E-state index in [2.05, 4.69) is 15.3 Å². The van der Waals surface area contributed by atoms with E-state index < -0.39 is 0 Å². The van der Waals surface area contributed by atoms with Crippen LogP contribution in [0.4, 0.5) is 11.6 Å². The van der Waals surface area contributed by atoms with Gasteiger partial charge in [0.25, 0.3) is 0 Å². The number of anilines is 2. The Balaban J connectivity index is 1.30. The van der Waals surface area contributed by atoms with Crippen molar-refractivity contribution in [2.45, 2.75) is 6.54 Å². The fourth-order valence-electron chi connectivity index (χ4n) is 3.53. The minimum atomic E-state index is 0.642. The van der Waals surface area contributed by atoms with Crippen molar-refractivity contribution in [1.29, 1.82) is 0 Å². The van der Waals surface area contributed by atoms with Crippen LogP contribution in [0.2, 0.25) is 5.02 Å². The van der Waals surface area contributed by atoms with Crippen LogP contribution in [0.1, 0.15) is 5.56 Å². The highest BCUT2D eigenvalue weighted by atomic mass is 35.5. The molecule has 6 nitrogen and oxygen atoms in total. The van der Waals surface area contributed by atoms with Crippen molar-refractivity contribution < 1.29 is 4.74 Å². The Kier molecular flexibility index (Phi) is 4.84. The maximum absolute atomic E-state index is 6.09. The number of hydrogen-bond donors (Lipinski definition) is 2. The number of ether oxygens (including phenoxy) is 1. The molecular formula is C24H20ClN5O. The summed E-state index contributed by atoms with van der Waals surface area (Å²) in [4.78, 5) is 8.98. The van der Waals surface area contributed by atoms with E-state index in [0.29, 0.717) is 11.6 Å². The Hall–Kier alpha value is -3.77. The molecule has 0 aliphatic carbocycles. The number of nitrogens with one attached hydrogen (secondary N) is 1. The summed E-state index contributed by atoms with van der Waals surface area (Å²) in [7, 11) is 1.97. The van der Waals surface area contributed by atoms with Crippen LogP contribution in [0.15, 0.2) is 72.9 Å². The summed E-state index contributed by atoms with van der Waals surface area (Å²) in [5.74, 6) is 2.29. The molecule has 0 unspecified atom stereocenters. The third kappa shape index (κ3) is 3.85. The first-order chi connectivity index (χ1) is 15.1. The molecule has 0 bridgehead atoms. The number of fused-ring (bicyclic) bond motifs is 2. The third-order valence-electron chi connectivity index (χ3n) is 5.17. The zero-order valence-corrected chi connectivity index (χ0v) is 17.6. The van der Waals surface area contributed by atoms with E-state index in [-0.39, 0.29) is 0 Å². The number of nitrogen functional groups attached to an aromatic ring is 1. The van der Waals surface area contributed by atoms with E-state index >= 15 is 0 Å². The van der Waals surface area contributed by atoms with Gasteiger partial charge in [0.15, 0.2) is 0 Å². The van der Waals surface area contributed by atoms with Crippen LogP contribution in [0, 0.1) is 0 Å². The summed E-state index contributed by atoms with van der Waals surface area (Å²) in [6.45, 7) is 0.642. The lowest BCUT2D eigenvalue weighted by molar-refractivity contribution is 0.487. The maximum atomic E-state index is 6.09. The fourth-order valence-corrected chi connectivity index (χ4v) is 3.70. The average molecular weight is 430 g/mol. The van der Waals surface area contributed by atoms with E-state index in [1.807, 2.05) is 78.3 Å². The van der Waals surface area contributed by atoms with E-state index in [9.17, 15) is 0 Å². The molecule has 7 heteroatoms. The number of nitrogens with zero attached hydrogens (tertiary/aromatic N) is 3. The molecule has 154 valence electrons. The second-order valence-electron chi connectivity index (χ2n) is 7.31. The standard InChI is InChI=1S/C24H20ClN5O/c1-30-22-13-17(26)5-9-20(22)29-24(30)28-14-15-2-6-18(7-3-15)31-23-10-11-27-21-12-16(25)4-8-19(21)23/h2-13H,14,26H2,1H3,(H,28,29). The fraction of sp³-hybridized carbons (Fsp3) is 0.0833. The van der Waals surface area contributed by atoms with Gasteiger partial charge in [-0.3, -0.25) is 4.98 Å². The zero-order chi connectivity index (χ0) is 21.4. The summed E-state index contributed by atoms with van der Waals surface area (Å²) >= 11 is 6.06. The third-order valence-corrected chi connectivity index (χ3v) is 5.41. The van der Waals surface area contributed by atoms with Gasteiger partial charge < -0.3 is 20.4 Å². The quantitative estimate of drug-likeness (QED) is 0.347. The van der Waals surface area contributed by atoms with Crippen LogP contribution in [0.3, 0.4) is 0 Å². The van der Waals surface area contributed by atoms with Crippen molar-refractivity contribution in [1.82, 2.24) is 14.5 Å². The number of hydrogen-bond acceptors (Lipinski definition) is 5. The normalized spacial score (nSPS) is 11.2. The number of pyridine rings is 1. The second kappa shape index (κ2) is 7.81. The summed E-state index contributed by atoms with van der Waals surface area (Å²) in [5, 5.41) is 4.95. The van der Waals surface area contributed by atoms with Gasteiger partial charge in [0.2, 0.25) is 5.95 Å². The van der Waals surface area contributed by atoms with Gasteiger partial charge in [0.05, 0.1) is 16.6 Å². The molecule has 0 fully saturated rings. The van der Waals surface area contributed by atoms with Crippen LogP contribution < -0.4 is 15.8 Å². The van der Waals surface area contributed by atoms with Crippen molar-refractivity contribution in [3.63, 3.8) is 0 Å². The minimum absolute atomic E-state index is 0.642. The number of halogens is 1. The topological polar surface area (TPSA) is 78.0 Å². The number of rotatable bonds is 5. The van der Waals surface area contributed by atoms with Gasteiger partial charge in [-0.15, -0.1) is 0 Å². The Morgan fingerprint density at radius 1 is 1.00 bits per heavy atom. The lowest BCUT2D eigenvalue weighted by Gasteiger charge is -2.10. The Bertz CT molecular complexity index is 1400. The number of aromatic nitrogens is 3. The van der Waals surface area contributed by atoms with Crippen LogP contribution in [0.25, 0.3) is 21.9 Å². The first kappa shape index (κ1) is 19.2. The number of aryl methyl sites for hydroxylation is 1. The predicted octanol–water partition coefficient (Wildman–Crippen LogP) is 5.76. The van der Waals surface area contributed by atoms with Crippen molar-refractivity contribution in [2.24, 2.45) is 7.05 Å². The molecule has 0 amide bonds. The molecule has 0 aliphatic heterocycles. The number of benzene rings is 3. The molecule has 31 heavy (non-hydrogen) atoms. The van der Waals surface area contributed by atoms with Gasteiger partial charge in [-0.05, 0) is 60.2 Å².